The lowest BCUT2D eigenvalue weighted by molar-refractivity contribution is 0.136. The molecule has 2 rings (SSSR count). The smallest absolute Gasteiger partial charge is 0.0544 e. The van der Waals surface area contributed by atoms with Crippen LogP contribution < -0.4 is 5.32 Å². The maximum Gasteiger partial charge on any atom is 0.0544 e. The number of nitrogens with one attached hydrogen (secondary N) is 1. The van der Waals surface area contributed by atoms with E-state index in [9.17, 15) is 0 Å². The van der Waals surface area contributed by atoms with Gasteiger partial charge in [0.05, 0.1) is 5.69 Å². The van der Waals surface area contributed by atoms with Crippen molar-refractivity contribution in [1.29, 1.82) is 0 Å². The Labute approximate surface area is 111 Å². The Balaban J connectivity index is 1.87. The van der Waals surface area contributed by atoms with Crippen molar-refractivity contribution >= 4 is 0 Å². The summed E-state index contributed by atoms with van der Waals surface area (Å²) >= 11 is 0. The largest absolute Gasteiger partial charge is 0.315 e. The van der Waals surface area contributed by atoms with Gasteiger partial charge in [0.2, 0.25) is 0 Å². The summed E-state index contributed by atoms with van der Waals surface area (Å²) < 4.78 is 0. The van der Waals surface area contributed by atoms with Gasteiger partial charge in [0.25, 0.3) is 0 Å². The van der Waals surface area contributed by atoms with Gasteiger partial charge in [0, 0.05) is 25.3 Å². The van der Waals surface area contributed by atoms with Crippen LogP contribution in [0.1, 0.15) is 38.3 Å². The molecule has 0 bridgehead atoms. The number of hydrogen-bond donors (Lipinski definition) is 1. The van der Waals surface area contributed by atoms with Crippen molar-refractivity contribution in [3.8, 4) is 0 Å². The second kappa shape index (κ2) is 7.49. The van der Waals surface area contributed by atoms with E-state index in [-0.39, 0.29) is 0 Å². The second-order valence-electron chi connectivity index (χ2n) is 5.15. The molecule has 1 aromatic heterocycles. The Bertz CT molecular complexity index is 326. The van der Waals surface area contributed by atoms with Gasteiger partial charge in [-0.15, -0.1) is 0 Å². The van der Waals surface area contributed by atoms with E-state index >= 15 is 0 Å². The van der Waals surface area contributed by atoms with Crippen LogP contribution >= 0.6 is 0 Å². The third-order valence-electron chi connectivity index (χ3n) is 3.65. The van der Waals surface area contributed by atoms with E-state index < -0.39 is 0 Å². The first-order valence-electron chi connectivity index (χ1n) is 7.25. The lowest BCUT2D eigenvalue weighted by atomic mass is 10.0. The zero-order valence-corrected chi connectivity index (χ0v) is 11.4. The Hall–Kier alpha value is -0.930. The van der Waals surface area contributed by atoms with Gasteiger partial charge in [-0.05, 0) is 44.5 Å². The third kappa shape index (κ3) is 4.07. The highest BCUT2D eigenvalue weighted by Crippen LogP contribution is 2.18. The summed E-state index contributed by atoms with van der Waals surface area (Å²) in [5, 5.41) is 3.56. The van der Waals surface area contributed by atoms with Crippen molar-refractivity contribution in [2.45, 2.75) is 45.2 Å². The first-order chi connectivity index (χ1) is 8.90. The molecule has 1 fully saturated rings. The van der Waals surface area contributed by atoms with Crippen LogP contribution in [-0.4, -0.2) is 35.6 Å². The molecule has 1 aromatic rings. The van der Waals surface area contributed by atoms with Crippen LogP contribution in [0.3, 0.4) is 0 Å². The lowest BCUT2D eigenvalue weighted by Crippen LogP contribution is -2.45. The maximum absolute atomic E-state index is 4.44. The van der Waals surface area contributed by atoms with Gasteiger partial charge in [0.15, 0.2) is 0 Å². The predicted molar refractivity (Wildman–Crippen MR) is 75.4 cm³/mol. The van der Waals surface area contributed by atoms with Gasteiger partial charge in [-0.2, -0.15) is 0 Å². The van der Waals surface area contributed by atoms with E-state index in [1.165, 1.54) is 37.9 Å². The minimum Gasteiger partial charge on any atom is -0.315 e. The molecular formula is C15H25N3. The van der Waals surface area contributed by atoms with Crippen molar-refractivity contribution in [2.24, 2.45) is 0 Å². The monoisotopic (exact) mass is 247 g/mol. The molecular weight excluding hydrogens is 222 g/mol. The standard InChI is InChI=1S/C15H25N3/c1-2-9-16-12-15-8-4-6-11-18(15)13-14-7-3-5-10-17-14/h3,5,7,10,15-16H,2,4,6,8-9,11-13H2,1H3. The third-order valence-corrected chi connectivity index (χ3v) is 3.65. The van der Waals surface area contributed by atoms with E-state index in [1.807, 2.05) is 12.3 Å². The number of hydrogen-bond acceptors (Lipinski definition) is 3. The SMILES string of the molecule is CCCNCC1CCCCN1Cc1ccccn1. The first-order valence-corrected chi connectivity index (χ1v) is 7.25. The van der Waals surface area contributed by atoms with Crippen molar-refractivity contribution in [2.75, 3.05) is 19.6 Å². The van der Waals surface area contributed by atoms with Gasteiger partial charge in [-0.3, -0.25) is 9.88 Å². The minimum absolute atomic E-state index is 0.687. The number of rotatable bonds is 6. The fourth-order valence-electron chi connectivity index (χ4n) is 2.64. The number of likely N-dealkylation sites (tertiary alicyclic amines) is 1. The molecule has 1 aliphatic rings. The van der Waals surface area contributed by atoms with Crippen LogP contribution in [0.2, 0.25) is 0 Å². The lowest BCUT2D eigenvalue weighted by Gasteiger charge is -2.35. The van der Waals surface area contributed by atoms with Gasteiger partial charge >= 0.3 is 0 Å². The molecule has 3 nitrogen and oxygen atoms in total. The minimum atomic E-state index is 0.687. The average molecular weight is 247 g/mol. The summed E-state index contributed by atoms with van der Waals surface area (Å²) in [4.78, 5) is 7.03. The molecule has 18 heavy (non-hydrogen) atoms. The highest BCUT2D eigenvalue weighted by Gasteiger charge is 2.22. The van der Waals surface area contributed by atoms with Crippen molar-refractivity contribution in [3.63, 3.8) is 0 Å². The van der Waals surface area contributed by atoms with Gasteiger partial charge in [-0.1, -0.05) is 19.4 Å². The van der Waals surface area contributed by atoms with Crippen molar-refractivity contribution in [1.82, 2.24) is 15.2 Å². The summed E-state index contributed by atoms with van der Waals surface area (Å²) in [6, 6.07) is 6.88. The van der Waals surface area contributed by atoms with Crippen LogP contribution in [0.25, 0.3) is 0 Å². The molecule has 1 atom stereocenters. The van der Waals surface area contributed by atoms with Gasteiger partial charge in [-0.25, -0.2) is 0 Å². The average Bonchev–Trinajstić information content (AvgIpc) is 2.42. The topological polar surface area (TPSA) is 28.2 Å². The zero-order valence-electron chi connectivity index (χ0n) is 11.4. The van der Waals surface area contributed by atoms with E-state index in [0.717, 1.165) is 19.6 Å². The Kier molecular flexibility index (Phi) is 5.62. The number of nitrogens with zero attached hydrogens (tertiary/aromatic N) is 2. The maximum atomic E-state index is 4.44. The summed E-state index contributed by atoms with van der Waals surface area (Å²) in [6.07, 6.45) is 7.13. The van der Waals surface area contributed by atoms with Crippen LogP contribution in [0.4, 0.5) is 0 Å². The summed E-state index contributed by atoms with van der Waals surface area (Å²) in [5.41, 5.74) is 1.19. The summed E-state index contributed by atoms with van der Waals surface area (Å²) in [5.74, 6) is 0. The molecule has 3 heteroatoms. The normalized spacial score (nSPS) is 21.1. The fourth-order valence-corrected chi connectivity index (χ4v) is 2.64. The Morgan fingerprint density at radius 3 is 3.11 bits per heavy atom. The number of pyridine rings is 1. The molecule has 0 spiro atoms. The highest BCUT2D eigenvalue weighted by atomic mass is 15.2. The summed E-state index contributed by atoms with van der Waals surface area (Å²) in [7, 11) is 0. The fraction of sp³-hybridized carbons (Fsp3) is 0.667. The number of piperidine rings is 1. The van der Waals surface area contributed by atoms with E-state index in [4.69, 9.17) is 0 Å². The van der Waals surface area contributed by atoms with E-state index in [1.54, 1.807) is 0 Å². The number of aromatic nitrogens is 1. The van der Waals surface area contributed by atoms with Crippen LogP contribution in [0.5, 0.6) is 0 Å². The van der Waals surface area contributed by atoms with Crippen molar-refractivity contribution in [3.05, 3.63) is 30.1 Å². The van der Waals surface area contributed by atoms with Crippen molar-refractivity contribution < 1.29 is 0 Å². The predicted octanol–water partition coefficient (Wildman–Crippen LogP) is 2.44. The molecule has 100 valence electrons. The molecule has 1 saturated heterocycles. The van der Waals surface area contributed by atoms with Crippen LogP contribution in [0, 0.1) is 0 Å². The van der Waals surface area contributed by atoms with Gasteiger partial charge < -0.3 is 5.32 Å². The summed E-state index contributed by atoms with van der Waals surface area (Å²) in [6.45, 7) is 6.70. The van der Waals surface area contributed by atoms with E-state index in [2.05, 4.69) is 34.3 Å². The molecule has 1 aliphatic heterocycles. The Morgan fingerprint density at radius 2 is 2.33 bits per heavy atom. The molecule has 0 amide bonds. The molecule has 0 aromatic carbocycles. The molecule has 1 N–H and O–H groups in total. The molecule has 1 unspecified atom stereocenters. The molecule has 0 aliphatic carbocycles. The van der Waals surface area contributed by atoms with Crippen LogP contribution in [0.15, 0.2) is 24.4 Å². The Morgan fingerprint density at radius 1 is 1.39 bits per heavy atom. The molecule has 0 saturated carbocycles. The molecule has 2 heterocycles. The first kappa shape index (κ1) is 13.5. The van der Waals surface area contributed by atoms with E-state index in [0.29, 0.717) is 6.04 Å². The molecule has 0 radical (unpaired) electrons. The second-order valence-corrected chi connectivity index (χ2v) is 5.15. The quantitative estimate of drug-likeness (QED) is 0.783. The zero-order chi connectivity index (χ0) is 12.6. The highest BCUT2D eigenvalue weighted by molar-refractivity contribution is 5.03. The van der Waals surface area contributed by atoms with Gasteiger partial charge in [0.1, 0.15) is 0 Å². The van der Waals surface area contributed by atoms with Crippen LogP contribution in [-0.2, 0) is 6.54 Å².